The van der Waals surface area contributed by atoms with Crippen LogP contribution in [0.15, 0.2) is 29.8 Å². The van der Waals surface area contributed by atoms with E-state index in [0.717, 1.165) is 5.57 Å². The number of allylic oxidation sites excluding steroid dienone is 1. The fourth-order valence-corrected chi connectivity index (χ4v) is 1.48. The van der Waals surface area contributed by atoms with Crippen molar-refractivity contribution in [3.05, 3.63) is 40.4 Å². The molecule has 0 aliphatic heterocycles. The topological polar surface area (TPSA) is 55.1 Å². The van der Waals surface area contributed by atoms with Gasteiger partial charge < -0.3 is 11.1 Å². The minimum Gasteiger partial charge on any atom is -0.398 e. The molecule has 0 unspecified atom stereocenters. The molecule has 4 heteroatoms. The molecule has 0 saturated heterocycles. The Morgan fingerprint density at radius 2 is 2.19 bits per heavy atom. The van der Waals surface area contributed by atoms with E-state index in [1.165, 1.54) is 0 Å². The van der Waals surface area contributed by atoms with Crippen LogP contribution in [0, 0.1) is 0 Å². The number of halogens is 1. The molecule has 0 bridgehead atoms. The van der Waals surface area contributed by atoms with E-state index in [-0.39, 0.29) is 5.91 Å². The minimum absolute atomic E-state index is 0.249. The summed E-state index contributed by atoms with van der Waals surface area (Å²) in [6, 6.07) is 5.01. The van der Waals surface area contributed by atoms with Crippen molar-refractivity contribution in [3.8, 4) is 0 Å². The molecule has 3 N–H and O–H groups in total. The van der Waals surface area contributed by atoms with Crippen molar-refractivity contribution >= 4 is 23.2 Å². The second-order valence-corrected chi connectivity index (χ2v) is 4.10. The van der Waals surface area contributed by atoms with Gasteiger partial charge in [0.2, 0.25) is 0 Å². The predicted molar refractivity (Wildman–Crippen MR) is 67.6 cm³/mol. The Bertz CT molecular complexity index is 403. The van der Waals surface area contributed by atoms with Crippen molar-refractivity contribution in [2.24, 2.45) is 0 Å². The summed E-state index contributed by atoms with van der Waals surface area (Å²) in [6.07, 6.45) is 1.92. The first kappa shape index (κ1) is 12.6. The maximum absolute atomic E-state index is 11.8. The predicted octanol–water partition coefficient (Wildman–Crippen LogP) is 2.62. The first-order valence-corrected chi connectivity index (χ1v) is 5.35. The molecule has 0 heterocycles. The van der Waals surface area contributed by atoms with Crippen LogP contribution in [0.5, 0.6) is 0 Å². The molecule has 3 nitrogen and oxygen atoms in total. The molecule has 0 atom stereocenters. The number of carbonyl (C=O) groups is 1. The van der Waals surface area contributed by atoms with Crippen molar-refractivity contribution in [2.45, 2.75) is 13.8 Å². The van der Waals surface area contributed by atoms with Crippen LogP contribution in [0.4, 0.5) is 5.69 Å². The van der Waals surface area contributed by atoms with Crippen LogP contribution in [0.3, 0.4) is 0 Å². The van der Waals surface area contributed by atoms with Crippen molar-refractivity contribution in [2.75, 3.05) is 12.3 Å². The molecule has 1 aromatic rings. The molecule has 0 aliphatic rings. The molecule has 16 heavy (non-hydrogen) atoms. The third-order valence-electron chi connectivity index (χ3n) is 2.05. The van der Waals surface area contributed by atoms with Crippen molar-refractivity contribution < 1.29 is 4.79 Å². The second kappa shape index (κ2) is 5.56. The summed E-state index contributed by atoms with van der Waals surface area (Å²) >= 11 is 5.91. The Labute approximate surface area is 100 Å². The number of anilines is 1. The highest BCUT2D eigenvalue weighted by Crippen LogP contribution is 2.21. The third kappa shape index (κ3) is 3.28. The molecular formula is C12H15ClN2O. The monoisotopic (exact) mass is 238 g/mol. The summed E-state index contributed by atoms with van der Waals surface area (Å²) in [5.74, 6) is -0.249. The van der Waals surface area contributed by atoms with Crippen molar-refractivity contribution in [3.63, 3.8) is 0 Å². The van der Waals surface area contributed by atoms with Gasteiger partial charge in [-0.1, -0.05) is 29.3 Å². The van der Waals surface area contributed by atoms with Crippen LogP contribution in [0.1, 0.15) is 24.2 Å². The number of nitrogens with two attached hydrogens (primary N) is 1. The van der Waals surface area contributed by atoms with E-state index in [0.29, 0.717) is 22.8 Å². The van der Waals surface area contributed by atoms with Gasteiger partial charge in [0.15, 0.2) is 0 Å². The maximum Gasteiger partial charge on any atom is 0.255 e. The lowest BCUT2D eigenvalue weighted by atomic mass is 10.1. The molecular weight excluding hydrogens is 224 g/mol. The minimum atomic E-state index is -0.249. The number of hydrogen-bond acceptors (Lipinski definition) is 2. The van der Waals surface area contributed by atoms with Crippen LogP contribution in [-0.4, -0.2) is 12.5 Å². The molecule has 1 amide bonds. The van der Waals surface area contributed by atoms with E-state index in [1.54, 1.807) is 18.2 Å². The second-order valence-electron chi connectivity index (χ2n) is 3.70. The molecule has 1 rings (SSSR count). The lowest BCUT2D eigenvalue weighted by Crippen LogP contribution is -2.24. The standard InChI is InChI=1S/C12H15ClN2O/c1-8(2)6-7-15-12(16)11-9(13)4-3-5-10(11)14/h3-6H,7,14H2,1-2H3,(H,15,16). The van der Waals surface area contributed by atoms with Gasteiger partial charge in [-0.15, -0.1) is 0 Å². The summed E-state index contributed by atoms with van der Waals surface area (Å²) in [6.45, 7) is 4.41. The van der Waals surface area contributed by atoms with Crippen LogP contribution < -0.4 is 11.1 Å². The third-order valence-corrected chi connectivity index (χ3v) is 2.36. The van der Waals surface area contributed by atoms with E-state index in [2.05, 4.69) is 5.32 Å². The zero-order valence-corrected chi connectivity index (χ0v) is 10.1. The lowest BCUT2D eigenvalue weighted by molar-refractivity contribution is 0.0959. The zero-order chi connectivity index (χ0) is 12.1. The number of benzene rings is 1. The molecule has 0 spiro atoms. The molecule has 0 aromatic heterocycles. The Morgan fingerprint density at radius 3 is 2.75 bits per heavy atom. The quantitative estimate of drug-likeness (QED) is 0.628. The van der Waals surface area contributed by atoms with Gasteiger partial charge in [-0.2, -0.15) is 0 Å². The highest BCUT2D eigenvalue weighted by molar-refractivity contribution is 6.34. The van der Waals surface area contributed by atoms with Crippen LogP contribution >= 0.6 is 11.6 Å². The fourth-order valence-electron chi connectivity index (χ4n) is 1.22. The SMILES string of the molecule is CC(C)=CCNC(=O)c1c(N)cccc1Cl. The van der Waals surface area contributed by atoms with Crippen LogP contribution in [-0.2, 0) is 0 Å². The average Bonchev–Trinajstić information content (AvgIpc) is 2.16. The van der Waals surface area contributed by atoms with Gasteiger partial charge in [0, 0.05) is 12.2 Å². The van der Waals surface area contributed by atoms with Crippen LogP contribution in [0.25, 0.3) is 0 Å². The Kier molecular flexibility index (Phi) is 4.38. The van der Waals surface area contributed by atoms with E-state index in [1.807, 2.05) is 19.9 Å². The van der Waals surface area contributed by atoms with Crippen molar-refractivity contribution in [1.29, 1.82) is 0 Å². The van der Waals surface area contributed by atoms with Gasteiger partial charge in [0.05, 0.1) is 10.6 Å². The normalized spacial score (nSPS) is 9.69. The van der Waals surface area contributed by atoms with Gasteiger partial charge >= 0.3 is 0 Å². The molecule has 0 saturated carbocycles. The largest absolute Gasteiger partial charge is 0.398 e. The van der Waals surface area contributed by atoms with E-state index in [9.17, 15) is 4.79 Å². The Morgan fingerprint density at radius 1 is 1.50 bits per heavy atom. The smallest absolute Gasteiger partial charge is 0.255 e. The summed E-state index contributed by atoms with van der Waals surface area (Å²) in [7, 11) is 0. The molecule has 0 radical (unpaired) electrons. The highest BCUT2D eigenvalue weighted by atomic mass is 35.5. The molecule has 0 fully saturated rings. The number of rotatable bonds is 3. The van der Waals surface area contributed by atoms with Crippen molar-refractivity contribution in [1.82, 2.24) is 5.32 Å². The first-order chi connectivity index (χ1) is 7.52. The maximum atomic E-state index is 11.8. The van der Waals surface area contributed by atoms with E-state index < -0.39 is 0 Å². The Hall–Kier alpha value is -1.48. The van der Waals surface area contributed by atoms with Gasteiger partial charge in [0.1, 0.15) is 0 Å². The molecule has 0 aliphatic carbocycles. The van der Waals surface area contributed by atoms with Gasteiger partial charge in [-0.05, 0) is 26.0 Å². The van der Waals surface area contributed by atoms with Gasteiger partial charge in [-0.3, -0.25) is 4.79 Å². The lowest BCUT2D eigenvalue weighted by Gasteiger charge is -2.07. The number of amides is 1. The first-order valence-electron chi connectivity index (χ1n) is 4.98. The fraction of sp³-hybridized carbons (Fsp3) is 0.250. The highest BCUT2D eigenvalue weighted by Gasteiger charge is 2.12. The number of nitrogens with one attached hydrogen (secondary N) is 1. The van der Waals surface area contributed by atoms with Crippen LogP contribution in [0.2, 0.25) is 5.02 Å². The molecule has 86 valence electrons. The summed E-state index contributed by atoms with van der Waals surface area (Å²) in [4.78, 5) is 11.8. The summed E-state index contributed by atoms with van der Waals surface area (Å²) < 4.78 is 0. The number of hydrogen-bond donors (Lipinski definition) is 2. The number of nitrogen functional groups attached to an aromatic ring is 1. The van der Waals surface area contributed by atoms with E-state index in [4.69, 9.17) is 17.3 Å². The Balaban J connectivity index is 2.77. The average molecular weight is 239 g/mol. The van der Waals surface area contributed by atoms with E-state index >= 15 is 0 Å². The van der Waals surface area contributed by atoms with Gasteiger partial charge in [0.25, 0.3) is 5.91 Å². The summed E-state index contributed by atoms with van der Waals surface area (Å²) in [5.41, 5.74) is 7.57. The zero-order valence-electron chi connectivity index (χ0n) is 9.38. The summed E-state index contributed by atoms with van der Waals surface area (Å²) in [5, 5.41) is 3.10. The molecule has 1 aromatic carbocycles. The number of carbonyl (C=O) groups excluding carboxylic acids is 1. The van der Waals surface area contributed by atoms with Gasteiger partial charge in [-0.25, -0.2) is 0 Å².